The van der Waals surface area contributed by atoms with Crippen molar-refractivity contribution in [3.63, 3.8) is 0 Å². The Morgan fingerprint density at radius 3 is 2.20 bits per heavy atom. The summed E-state index contributed by atoms with van der Waals surface area (Å²) in [5, 5.41) is 7.49. The van der Waals surface area contributed by atoms with Crippen LogP contribution in [0.25, 0.3) is 0 Å². The molecule has 1 N–H and O–H groups in total. The van der Waals surface area contributed by atoms with Crippen molar-refractivity contribution in [3.8, 4) is 0 Å². The molecular formula is C16H31N3O. The van der Waals surface area contributed by atoms with Crippen LogP contribution in [0, 0.1) is 6.92 Å². The van der Waals surface area contributed by atoms with E-state index in [1.165, 1.54) is 51.4 Å². The molecular weight excluding hydrogens is 250 g/mol. The SMILES string of the molecule is CCCCCC(CCCCC)NCCc1nc(C)no1. The Balaban J connectivity index is 2.23. The van der Waals surface area contributed by atoms with E-state index in [9.17, 15) is 0 Å². The van der Waals surface area contributed by atoms with E-state index >= 15 is 0 Å². The molecule has 1 aromatic heterocycles. The van der Waals surface area contributed by atoms with Gasteiger partial charge in [-0.25, -0.2) is 0 Å². The fourth-order valence-corrected chi connectivity index (χ4v) is 2.45. The average Bonchev–Trinajstić information content (AvgIpc) is 2.84. The zero-order valence-electron chi connectivity index (χ0n) is 13.5. The number of hydrogen-bond acceptors (Lipinski definition) is 4. The second kappa shape index (κ2) is 10.8. The highest BCUT2D eigenvalue weighted by atomic mass is 16.5. The molecule has 0 saturated carbocycles. The van der Waals surface area contributed by atoms with Gasteiger partial charge in [0.25, 0.3) is 0 Å². The molecule has 0 atom stereocenters. The number of nitrogens with one attached hydrogen (secondary N) is 1. The predicted octanol–water partition coefficient (Wildman–Crippen LogP) is 4.04. The van der Waals surface area contributed by atoms with Crippen LogP contribution in [0.15, 0.2) is 4.52 Å². The molecule has 4 heteroatoms. The zero-order valence-corrected chi connectivity index (χ0v) is 13.5. The first kappa shape index (κ1) is 17.2. The highest BCUT2D eigenvalue weighted by Gasteiger charge is 2.09. The number of aryl methyl sites for hydroxylation is 1. The maximum absolute atomic E-state index is 5.14. The van der Waals surface area contributed by atoms with Gasteiger partial charge in [-0.3, -0.25) is 0 Å². The Kier molecular flexibility index (Phi) is 9.29. The number of hydrogen-bond donors (Lipinski definition) is 1. The van der Waals surface area contributed by atoms with Crippen LogP contribution in [-0.4, -0.2) is 22.7 Å². The fraction of sp³-hybridized carbons (Fsp3) is 0.875. The highest BCUT2D eigenvalue weighted by Crippen LogP contribution is 2.11. The molecule has 0 saturated heterocycles. The summed E-state index contributed by atoms with van der Waals surface area (Å²) in [6, 6.07) is 0.650. The molecule has 1 rings (SSSR count). The number of nitrogens with zero attached hydrogens (tertiary/aromatic N) is 2. The van der Waals surface area contributed by atoms with Gasteiger partial charge in [0.05, 0.1) is 0 Å². The minimum atomic E-state index is 0.650. The Morgan fingerprint density at radius 2 is 1.70 bits per heavy atom. The second-order valence-corrected chi connectivity index (χ2v) is 5.63. The van der Waals surface area contributed by atoms with Gasteiger partial charge in [-0.1, -0.05) is 57.5 Å². The zero-order chi connectivity index (χ0) is 14.6. The predicted molar refractivity (Wildman–Crippen MR) is 82.8 cm³/mol. The molecule has 0 aromatic carbocycles. The summed E-state index contributed by atoms with van der Waals surface area (Å²) in [6.07, 6.45) is 11.4. The maximum Gasteiger partial charge on any atom is 0.227 e. The summed E-state index contributed by atoms with van der Waals surface area (Å²) in [5.74, 6) is 1.47. The summed E-state index contributed by atoms with van der Waals surface area (Å²) in [4.78, 5) is 4.24. The van der Waals surface area contributed by atoms with Crippen LogP contribution in [-0.2, 0) is 6.42 Å². The molecule has 0 spiro atoms. The molecule has 116 valence electrons. The van der Waals surface area contributed by atoms with Crippen molar-refractivity contribution in [2.75, 3.05) is 6.54 Å². The molecule has 1 aromatic rings. The summed E-state index contributed by atoms with van der Waals surface area (Å²) in [5.41, 5.74) is 0. The van der Waals surface area contributed by atoms with Crippen molar-refractivity contribution < 1.29 is 4.52 Å². The van der Waals surface area contributed by atoms with Gasteiger partial charge in [0.1, 0.15) is 0 Å². The molecule has 0 unspecified atom stereocenters. The van der Waals surface area contributed by atoms with Crippen molar-refractivity contribution in [2.45, 2.75) is 84.6 Å². The maximum atomic E-state index is 5.14. The monoisotopic (exact) mass is 281 g/mol. The van der Waals surface area contributed by atoms with Crippen molar-refractivity contribution in [3.05, 3.63) is 11.7 Å². The van der Waals surface area contributed by atoms with Crippen LogP contribution in [0.1, 0.15) is 76.9 Å². The van der Waals surface area contributed by atoms with Crippen LogP contribution in [0.2, 0.25) is 0 Å². The average molecular weight is 281 g/mol. The lowest BCUT2D eigenvalue weighted by Gasteiger charge is -2.18. The van der Waals surface area contributed by atoms with Crippen LogP contribution in [0.4, 0.5) is 0 Å². The molecule has 0 amide bonds. The Morgan fingerprint density at radius 1 is 1.05 bits per heavy atom. The van der Waals surface area contributed by atoms with Crippen molar-refractivity contribution in [1.29, 1.82) is 0 Å². The van der Waals surface area contributed by atoms with Gasteiger partial charge in [-0.05, 0) is 19.8 Å². The Bertz CT molecular complexity index is 328. The van der Waals surface area contributed by atoms with E-state index in [1.54, 1.807) is 0 Å². The van der Waals surface area contributed by atoms with Crippen molar-refractivity contribution in [2.24, 2.45) is 0 Å². The van der Waals surface area contributed by atoms with Gasteiger partial charge in [-0.15, -0.1) is 0 Å². The third-order valence-electron chi connectivity index (χ3n) is 3.65. The van der Waals surface area contributed by atoms with Gasteiger partial charge >= 0.3 is 0 Å². The van der Waals surface area contributed by atoms with E-state index in [0.29, 0.717) is 6.04 Å². The van der Waals surface area contributed by atoms with E-state index in [2.05, 4.69) is 29.3 Å². The standard InChI is InChI=1S/C16H31N3O/c1-4-6-8-10-15(11-9-7-5-2)17-13-12-16-18-14(3)19-20-16/h15,17H,4-13H2,1-3H3. The van der Waals surface area contributed by atoms with Gasteiger partial charge in [0.2, 0.25) is 5.89 Å². The molecule has 0 aliphatic carbocycles. The molecule has 0 aliphatic rings. The van der Waals surface area contributed by atoms with E-state index in [0.717, 1.165) is 24.7 Å². The Hall–Kier alpha value is -0.900. The minimum Gasteiger partial charge on any atom is -0.339 e. The van der Waals surface area contributed by atoms with E-state index in [4.69, 9.17) is 4.52 Å². The largest absolute Gasteiger partial charge is 0.339 e. The first-order chi connectivity index (χ1) is 9.76. The minimum absolute atomic E-state index is 0.650. The molecule has 0 radical (unpaired) electrons. The van der Waals surface area contributed by atoms with Gasteiger partial charge < -0.3 is 9.84 Å². The topological polar surface area (TPSA) is 51.0 Å². The molecule has 0 bridgehead atoms. The lowest BCUT2D eigenvalue weighted by molar-refractivity contribution is 0.362. The van der Waals surface area contributed by atoms with E-state index in [-0.39, 0.29) is 0 Å². The lowest BCUT2D eigenvalue weighted by atomic mass is 10.0. The van der Waals surface area contributed by atoms with Crippen LogP contribution >= 0.6 is 0 Å². The molecule has 20 heavy (non-hydrogen) atoms. The lowest BCUT2D eigenvalue weighted by Crippen LogP contribution is -2.31. The van der Waals surface area contributed by atoms with Gasteiger partial charge in [0.15, 0.2) is 5.82 Å². The first-order valence-corrected chi connectivity index (χ1v) is 8.28. The number of unbranched alkanes of at least 4 members (excludes halogenated alkanes) is 4. The number of rotatable bonds is 12. The van der Waals surface area contributed by atoms with Gasteiger partial charge in [-0.2, -0.15) is 4.98 Å². The molecule has 4 nitrogen and oxygen atoms in total. The highest BCUT2D eigenvalue weighted by molar-refractivity contribution is 4.83. The van der Waals surface area contributed by atoms with Crippen LogP contribution < -0.4 is 5.32 Å². The van der Waals surface area contributed by atoms with Crippen LogP contribution in [0.3, 0.4) is 0 Å². The summed E-state index contributed by atoms with van der Waals surface area (Å²) in [7, 11) is 0. The summed E-state index contributed by atoms with van der Waals surface area (Å²) in [6.45, 7) is 7.32. The van der Waals surface area contributed by atoms with Gasteiger partial charge in [0, 0.05) is 19.0 Å². The fourth-order valence-electron chi connectivity index (χ4n) is 2.45. The number of aromatic nitrogens is 2. The molecule has 1 heterocycles. The molecule has 0 aliphatic heterocycles. The Labute approximate surface area is 123 Å². The van der Waals surface area contributed by atoms with E-state index in [1.807, 2.05) is 6.92 Å². The third-order valence-corrected chi connectivity index (χ3v) is 3.65. The summed E-state index contributed by atoms with van der Waals surface area (Å²) < 4.78 is 5.14. The quantitative estimate of drug-likeness (QED) is 0.587. The smallest absolute Gasteiger partial charge is 0.227 e. The normalized spacial score (nSPS) is 11.4. The van der Waals surface area contributed by atoms with Crippen molar-refractivity contribution >= 4 is 0 Å². The second-order valence-electron chi connectivity index (χ2n) is 5.63. The van der Waals surface area contributed by atoms with Crippen molar-refractivity contribution in [1.82, 2.24) is 15.5 Å². The summed E-state index contributed by atoms with van der Waals surface area (Å²) >= 11 is 0. The van der Waals surface area contributed by atoms with E-state index < -0.39 is 0 Å². The molecule has 0 fully saturated rings. The van der Waals surface area contributed by atoms with Crippen LogP contribution in [0.5, 0.6) is 0 Å². The third kappa shape index (κ3) is 7.63. The first-order valence-electron chi connectivity index (χ1n) is 8.28.